The Labute approximate surface area is 283 Å². The fourth-order valence-corrected chi connectivity index (χ4v) is 7.63. The number of hydrogen-bond donors (Lipinski definition) is 0. The molecule has 0 spiro atoms. The number of rotatable bonds is 4. The Morgan fingerprint density at radius 1 is 0.367 bits per heavy atom. The second-order valence-corrected chi connectivity index (χ2v) is 12.3. The lowest BCUT2D eigenvalue weighted by atomic mass is 9.82. The molecule has 0 fully saturated rings. The van der Waals surface area contributed by atoms with Crippen molar-refractivity contribution in [3.05, 3.63) is 175 Å². The summed E-state index contributed by atoms with van der Waals surface area (Å²) in [6.07, 6.45) is 0. The molecule has 9 rings (SSSR count). The summed E-state index contributed by atoms with van der Waals surface area (Å²) in [5.41, 5.74) is 10.2. The summed E-state index contributed by atoms with van der Waals surface area (Å²) < 4.78 is 2.19. The number of aromatic nitrogens is 1. The van der Waals surface area contributed by atoms with E-state index in [1.807, 2.05) is 42.5 Å². The number of para-hydroxylation sites is 2. The summed E-state index contributed by atoms with van der Waals surface area (Å²) in [7, 11) is 0. The number of benzene rings is 8. The largest absolute Gasteiger partial charge is 0.308 e. The molecular formula is C46H27N3. The first-order valence-electron chi connectivity index (χ1n) is 16.3. The highest BCUT2D eigenvalue weighted by Crippen LogP contribution is 2.47. The molecule has 0 amide bonds. The molecule has 3 heteroatoms. The van der Waals surface area contributed by atoms with Crippen LogP contribution in [-0.4, -0.2) is 4.57 Å². The third kappa shape index (κ3) is 4.35. The van der Waals surface area contributed by atoms with Crippen LogP contribution in [0.3, 0.4) is 0 Å². The lowest BCUT2D eigenvalue weighted by Crippen LogP contribution is -1.99. The zero-order valence-electron chi connectivity index (χ0n) is 26.4. The molecule has 226 valence electrons. The second-order valence-electron chi connectivity index (χ2n) is 12.3. The van der Waals surface area contributed by atoms with Crippen molar-refractivity contribution in [3.8, 4) is 51.2 Å². The van der Waals surface area contributed by atoms with Crippen LogP contribution in [0.1, 0.15) is 11.1 Å². The molecule has 1 heterocycles. The van der Waals surface area contributed by atoms with E-state index < -0.39 is 0 Å². The van der Waals surface area contributed by atoms with Crippen molar-refractivity contribution in [3.63, 3.8) is 0 Å². The average molecular weight is 622 g/mol. The first-order valence-corrected chi connectivity index (χ1v) is 16.3. The zero-order chi connectivity index (χ0) is 32.9. The molecule has 3 nitrogen and oxygen atoms in total. The van der Waals surface area contributed by atoms with Crippen molar-refractivity contribution >= 4 is 43.4 Å². The van der Waals surface area contributed by atoms with Gasteiger partial charge in [-0.15, -0.1) is 0 Å². The van der Waals surface area contributed by atoms with E-state index in [9.17, 15) is 10.5 Å². The topological polar surface area (TPSA) is 52.5 Å². The maximum atomic E-state index is 10.7. The van der Waals surface area contributed by atoms with Gasteiger partial charge >= 0.3 is 0 Å². The van der Waals surface area contributed by atoms with Crippen LogP contribution in [0.25, 0.3) is 82.4 Å². The lowest BCUT2D eigenvalue weighted by Gasteiger charge is -2.21. The van der Waals surface area contributed by atoms with Gasteiger partial charge in [0.05, 0.1) is 33.9 Å². The Bertz CT molecular complexity index is 2740. The molecule has 0 aliphatic rings. The molecule has 8 aromatic carbocycles. The maximum absolute atomic E-state index is 10.7. The molecular weight excluding hydrogens is 595 g/mol. The summed E-state index contributed by atoms with van der Waals surface area (Å²) in [6.45, 7) is 0. The van der Waals surface area contributed by atoms with Gasteiger partial charge in [-0.3, -0.25) is 0 Å². The van der Waals surface area contributed by atoms with Crippen molar-refractivity contribution in [2.75, 3.05) is 0 Å². The van der Waals surface area contributed by atoms with Gasteiger partial charge in [0, 0.05) is 16.3 Å². The molecule has 49 heavy (non-hydrogen) atoms. The minimum atomic E-state index is 0.580. The SMILES string of the molecule is N#Cc1ccc(-c2cccc(C#N)c2-c2c3ccccc3c(-c3ccccc3)c3ccccc23)cc1-n1c2ccccc2c2ccccc21. The van der Waals surface area contributed by atoms with Crippen LogP contribution in [0.2, 0.25) is 0 Å². The predicted molar refractivity (Wildman–Crippen MR) is 202 cm³/mol. The molecule has 0 bridgehead atoms. The van der Waals surface area contributed by atoms with E-state index in [-0.39, 0.29) is 0 Å². The van der Waals surface area contributed by atoms with E-state index in [1.165, 1.54) is 5.56 Å². The third-order valence-corrected chi connectivity index (χ3v) is 9.68. The maximum Gasteiger partial charge on any atom is 0.101 e. The van der Waals surface area contributed by atoms with Crippen LogP contribution >= 0.6 is 0 Å². The van der Waals surface area contributed by atoms with Crippen LogP contribution in [-0.2, 0) is 0 Å². The normalized spacial score (nSPS) is 11.2. The highest BCUT2D eigenvalue weighted by atomic mass is 15.0. The molecule has 0 N–H and O–H groups in total. The van der Waals surface area contributed by atoms with Crippen LogP contribution in [0.15, 0.2) is 164 Å². The van der Waals surface area contributed by atoms with Gasteiger partial charge in [0.1, 0.15) is 6.07 Å². The quantitative estimate of drug-likeness (QED) is 0.184. The Morgan fingerprint density at radius 3 is 1.45 bits per heavy atom. The molecule has 1 aromatic heterocycles. The Balaban J connectivity index is 1.38. The Hall–Kier alpha value is -6.94. The number of hydrogen-bond acceptors (Lipinski definition) is 2. The van der Waals surface area contributed by atoms with Crippen molar-refractivity contribution < 1.29 is 0 Å². The number of fused-ring (bicyclic) bond motifs is 5. The van der Waals surface area contributed by atoms with Gasteiger partial charge in [0.2, 0.25) is 0 Å². The molecule has 0 aliphatic heterocycles. The van der Waals surface area contributed by atoms with E-state index in [1.54, 1.807) is 0 Å². The molecule has 0 radical (unpaired) electrons. The minimum absolute atomic E-state index is 0.580. The molecule has 9 aromatic rings. The average Bonchev–Trinajstić information content (AvgIpc) is 3.51. The smallest absolute Gasteiger partial charge is 0.101 e. The fraction of sp³-hybridized carbons (Fsp3) is 0. The van der Waals surface area contributed by atoms with Crippen LogP contribution in [0.4, 0.5) is 0 Å². The fourth-order valence-electron chi connectivity index (χ4n) is 7.63. The molecule has 0 saturated heterocycles. The van der Waals surface area contributed by atoms with E-state index in [4.69, 9.17) is 0 Å². The zero-order valence-corrected chi connectivity index (χ0v) is 26.4. The van der Waals surface area contributed by atoms with Gasteiger partial charge < -0.3 is 4.57 Å². The summed E-state index contributed by atoms with van der Waals surface area (Å²) in [4.78, 5) is 0. The van der Waals surface area contributed by atoms with Crippen molar-refractivity contribution in [2.24, 2.45) is 0 Å². The number of nitrogens with zero attached hydrogens (tertiary/aromatic N) is 3. The first kappa shape index (κ1) is 28.3. The Morgan fingerprint density at radius 2 is 0.878 bits per heavy atom. The Kier molecular flexibility index (Phi) is 6.58. The van der Waals surface area contributed by atoms with Gasteiger partial charge in [0.25, 0.3) is 0 Å². The van der Waals surface area contributed by atoms with Crippen LogP contribution < -0.4 is 0 Å². The van der Waals surface area contributed by atoms with E-state index >= 15 is 0 Å². The van der Waals surface area contributed by atoms with Crippen LogP contribution in [0, 0.1) is 22.7 Å². The molecule has 0 atom stereocenters. The van der Waals surface area contributed by atoms with E-state index in [2.05, 4.69) is 138 Å². The monoisotopic (exact) mass is 621 g/mol. The highest BCUT2D eigenvalue weighted by molar-refractivity contribution is 6.23. The van der Waals surface area contributed by atoms with Crippen molar-refractivity contribution in [1.29, 1.82) is 10.5 Å². The summed E-state index contributed by atoms with van der Waals surface area (Å²) in [5.74, 6) is 0. The van der Waals surface area contributed by atoms with Crippen molar-refractivity contribution in [2.45, 2.75) is 0 Å². The number of nitriles is 2. The highest BCUT2D eigenvalue weighted by Gasteiger charge is 2.22. The standard InChI is InChI=1S/C46H27N3/c47-28-32-26-25-31(27-43(32)49-41-23-10-8-16-35(41)36-17-9-11-24-42(36)49)34-22-12-15-33(29-48)45(34)46-39-20-6-4-18-37(39)44(30-13-2-1-3-14-30)38-19-5-7-21-40(38)46/h1-27H. The van der Waals surface area contributed by atoms with Gasteiger partial charge in [-0.25, -0.2) is 0 Å². The van der Waals surface area contributed by atoms with Gasteiger partial charge in [-0.05, 0) is 79.7 Å². The molecule has 0 aliphatic carbocycles. The predicted octanol–water partition coefficient (Wildman–Crippen LogP) is 11.8. The lowest BCUT2D eigenvalue weighted by molar-refractivity contribution is 1.17. The second kappa shape index (κ2) is 11.4. The summed E-state index contributed by atoms with van der Waals surface area (Å²) in [5, 5.41) is 27.7. The van der Waals surface area contributed by atoms with Gasteiger partial charge in [-0.2, -0.15) is 10.5 Å². The van der Waals surface area contributed by atoms with Gasteiger partial charge in [0.15, 0.2) is 0 Å². The van der Waals surface area contributed by atoms with E-state index in [0.717, 1.165) is 76.9 Å². The third-order valence-electron chi connectivity index (χ3n) is 9.68. The molecule has 0 saturated carbocycles. The van der Waals surface area contributed by atoms with Gasteiger partial charge in [-0.1, -0.05) is 133 Å². The first-order chi connectivity index (χ1) is 24.3. The van der Waals surface area contributed by atoms with Crippen molar-refractivity contribution in [1.82, 2.24) is 4.57 Å². The summed E-state index contributed by atoms with van der Waals surface area (Å²) in [6, 6.07) is 61.2. The summed E-state index contributed by atoms with van der Waals surface area (Å²) >= 11 is 0. The minimum Gasteiger partial charge on any atom is -0.308 e. The van der Waals surface area contributed by atoms with E-state index in [0.29, 0.717) is 11.1 Å². The van der Waals surface area contributed by atoms with Crippen LogP contribution in [0.5, 0.6) is 0 Å². The molecule has 0 unspecified atom stereocenters.